The van der Waals surface area contributed by atoms with Crippen molar-refractivity contribution in [2.45, 2.75) is 33.1 Å². The summed E-state index contributed by atoms with van der Waals surface area (Å²) >= 11 is 0. The highest BCUT2D eigenvalue weighted by molar-refractivity contribution is 5.69. The van der Waals surface area contributed by atoms with Gasteiger partial charge < -0.3 is 9.84 Å². The van der Waals surface area contributed by atoms with Crippen LogP contribution in [0.25, 0.3) is 5.57 Å². The second kappa shape index (κ2) is 7.54. The van der Waals surface area contributed by atoms with E-state index in [1.807, 2.05) is 26.0 Å². The van der Waals surface area contributed by atoms with E-state index >= 15 is 0 Å². The van der Waals surface area contributed by atoms with Gasteiger partial charge in [0.05, 0.1) is 6.61 Å². The van der Waals surface area contributed by atoms with Crippen LogP contribution in [-0.4, -0.2) is 17.7 Å². The highest BCUT2D eigenvalue weighted by atomic mass is 16.5. The number of phenolic OH excluding ortho intramolecular Hbond substituents is 1. The van der Waals surface area contributed by atoms with Gasteiger partial charge in [-0.05, 0) is 50.0 Å². The molecule has 0 heterocycles. The molecule has 18 heavy (non-hydrogen) atoms. The molecule has 0 saturated carbocycles. The smallest absolute Gasteiger partial charge is 0.305 e. The van der Waals surface area contributed by atoms with Crippen molar-refractivity contribution in [3.63, 3.8) is 0 Å². The Morgan fingerprint density at radius 3 is 2.89 bits per heavy atom. The van der Waals surface area contributed by atoms with Crippen LogP contribution >= 0.6 is 0 Å². The number of rotatable bonds is 6. The molecule has 98 valence electrons. The van der Waals surface area contributed by atoms with E-state index in [1.165, 1.54) is 0 Å². The summed E-state index contributed by atoms with van der Waals surface area (Å²) in [5, 5.41) is 9.38. The average Bonchev–Trinajstić information content (AvgIpc) is 2.35. The van der Waals surface area contributed by atoms with Gasteiger partial charge in [0.25, 0.3) is 0 Å². The third kappa shape index (κ3) is 5.04. The summed E-state index contributed by atoms with van der Waals surface area (Å²) in [5.41, 5.74) is 2.11. The molecule has 0 aliphatic rings. The summed E-state index contributed by atoms with van der Waals surface area (Å²) in [4.78, 5) is 11.1. The number of allylic oxidation sites excluding steroid dienone is 2. The van der Waals surface area contributed by atoms with Gasteiger partial charge >= 0.3 is 5.97 Å². The van der Waals surface area contributed by atoms with Gasteiger partial charge in [-0.3, -0.25) is 4.79 Å². The molecular formula is C15H20O3. The first-order valence-electron chi connectivity index (χ1n) is 6.25. The van der Waals surface area contributed by atoms with Crippen molar-refractivity contribution in [2.24, 2.45) is 0 Å². The van der Waals surface area contributed by atoms with Crippen molar-refractivity contribution in [1.82, 2.24) is 0 Å². The molecule has 0 unspecified atom stereocenters. The summed E-state index contributed by atoms with van der Waals surface area (Å²) in [6, 6.07) is 7.16. The number of carbonyl (C=O) groups excluding carboxylic acids is 1. The fourth-order valence-electron chi connectivity index (χ4n) is 1.67. The lowest BCUT2D eigenvalue weighted by molar-refractivity contribution is -0.143. The maximum atomic E-state index is 11.1. The molecule has 1 aromatic carbocycles. The molecule has 0 atom stereocenters. The van der Waals surface area contributed by atoms with Crippen molar-refractivity contribution in [1.29, 1.82) is 0 Å². The molecule has 0 aliphatic heterocycles. The molecule has 0 spiro atoms. The first-order valence-corrected chi connectivity index (χ1v) is 6.25. The average molecular weight is 248 g/mol. The summed E-state index contributed by atoms with van der Waals surface area (Å²) in [6.07, 6.45) is 4.15. The number of carbonyl (C=O) groups is 1. The van der Waals surface area contributed by atoms with Crippen molar-refractivity contribution >= 4 is 11.5 Å². The fraction of sp³-hybridized carbons (Fsp3) is 0.400. The van der Waals surface area contributed by atoms with Crippen LogP contribution in [0.1, 0.15) is 38.7 Å². The van der Waals surface area contributed by atoms with E-state index in [0.717, 1.165) is 24.0 Å². The number of unbranched alkanes of at least 4 members (excludes halogenated alkanes) is 1. The third-order valence-electron chi connectivity index (χ3n) is 2.64. The van der Waals surface area contributed by atoms with Gasteiger partial charge in [0.1, 0.15) is 5.75 Å². The molecule has 0 amide bonds. The van der Waals surface area contributed by atoms with Gasteiger partial charge in [0.2, 0.25) is 0 Å². The van der Waals surface area contributed by atoms with Crippen LogP contribution in [0.5, 0.6) is 5.75 Å². The van der Waals surface area contributed by atoms with Crippen LogP contribution < -0.4 is 0 Å². The monoisotopic (exact) mass is 248 g/mol. The fourth-order valence-corrected chi connectivity index (χ4v) is 1.67. The molecule has 1 rings (SSSR count). The Bertz CT molecular complexity index is 422. The van der Waals surface area contributed by atoms with E-state index < -0.39 is 0 Å². The Labute approximate surface area is 108 Å². The summed E-state index contributed by atoms with van der Waals surface area (Å²) in [6.45, 7) is 4.25. The number of hydrogen-bond acceptors (Lipinski definition) is 3. The molecule has 1 aromatic rings. The molecular weight excluding hydrogens is 228 g/mol. The van der Waals surface area contributed by atoms with Crippen molar-refractivity contribution in [3.8, 4) is 5.75 Å². The molecule has 3 nitrogen and oxygen atoms in total. The number of esters is 1. The Morgan fingerprint density at radius 1 is 1.44 bits per heavy atom. The number of phenols is 1. The molecule has 0 fully saturated rings. The summed E-state index contributed by atoms with van der Waals surface area (Å²) in [5.74, 6) is 0.132. The molecule has 0 radical (unpaired) electrons. The van der Waals surface area contributed by atoms with E-state index in [4.69, 9.17) is 4.74 Å². The molecule has 0 aromatic heterocycles. The Morgan fingerprint density at radius 2 is 2.22 bits per heavy atom. The highest BCUT2D eigenvalue weighted by Crippen LogP contribution is 2.19. The summed E-state index contributed by atoms with van der Waals surface area (Å²) < 4.78 is 4.86. The second-order valence-corrected chi connectivity index (χ2v) is 4.13. The van der Waals surface area contributed by atoms with Crippen LogP contribution in [0.4, 0.5) is 0 Å². The number of hydrogen-bond donors (Lipinski definition) is 1. The molecule has 0 bridgehead atoms. The minimum Gasteiger partial charge on any atom is -0.508 e. The van der Waals surface area contributed by atoms with Gasteiger partial charge in [-0.2, -0.15) is 0 Å². The predicted octanol–water partition coefficient (Wildman–Crippen LogP) is 3.53. The van der Waals surface area contributed by atoms with E-state index in [9.17, 15) is 9.90 Å². The SMILES string of the molecule is CCOC(=O)CCC/C=C(\C)c1cccc(O)c1. The van der Waals surface area contributed by atoms with Crippen LogP contribution in [-0.2, 0) is 9.53 Å². The first kappa shape index (κ1) is 14.3. The predicted molar refractivity (Wildman–Crippen MR) is 72.2 cm³/mol. The van der Waals surface area contributed by atoms with Crippen molar-refractivity contribution in [3.05, 3.63) is 35.9 Å². The zero-order chi connectivity index (χ0) is 13.4. The zero-order valence-corrected chi connectivity index (χ0v) is 11.0. The number of benzene rings is 1. The van der Waals surface area contributed by atoms with E-state index in [1.54, 1.807) is 12.1 Å². The van der Waals surface area contributed by atoms with Gasteiger partial charge in [-0.25, -0.2) is 0 Å². The van der Waals surface area contributed by atoms with Crippen LogP contribution in [0, 0.1) is 0 Å². The second-order valence-electron chi connectivity index (χ2n) is 4.13. The largest absolute Gasteiger partial charge is 0.508 e. The molecule has 1 N–H and O–H groups in total. The number of aromatic hydroxyl groups is 1. The lowest BCUT2D eigenvalue weighted by Crippen LogP contribution is -2.02. The molecule has 0 aliphatic carbocycles. The van der Waals surface area contributed by atoms with Crippen LogP contribution in [0.15, 0.2) is 30.3 Å². The lowest BCUT2D eigenvalue weighted by atomic mass is 10.1. The van der Waals surface area contributed by atoms with Crippen LogP contribution in [0.3, 0.4) is 0 Å². The quantitative estimate of drug-likeness (QED) is 0.618. The maximum absolute atomic E-state index is 11.1. The van der Waals surface area contributed by atoms with Gasteiger partial charge in [-0.1, -0.05) is 18.2 Å². The Balaban J connectivity index is 2.40. The minimum absolute atomic E-state index is 0.138. The standard InChI is InChI=1S/C15H20O3/c1-3-18-15(17)10-5-4-7-12(2)13-8-6-9-14(16)11-13/h6-9,11,16H,3-5,10H2,1-2H3/b12-7+. The summed E-state index contributed by atoms with van der Waals surface area (Å²) in [7, 11) is 0. The first-order chi connectivity index (χ1) is 8.63. The Hall–Kier alpha value is -1.77. The third-order valence-corrected chi connectivity index (χ3v) is 2.64. The topological polar surface area (TPSA) is 46.5 Å². The number of ether oxygens (including phenoxy) is 1. The van der Waals surface area contributed by atoms with E-state index in [0.29, 0.717) is 13.0 Å². The highest BCUT2D eigenvalue weighted by Gasteiger charge is 2.00. The van der Waals surface area contributed by atoms with E-state index in [2.05, 4.69) is 6.08 Å². The zero-order valence-electron chi connectivity index (χ0n) is 11.0. The van der Waals surface area contributed by atoms with E-state index in [-0.39, 0.29) is 11.7 Å². The normalized spacial score (nSPS) is 11.3. The van der Waals surface area contributed by atoms with Gasteiger partial charge in [-0.15, -0.1) is 0 Å². The molecule has 0 saturated heterocycles. The minimum atomic E-state index is -0.138. The maximum Gasteiger partial charge on any atom is 0.305 e. The van der Waals surface area contributed by atoms with Gasteiger partial charge in [0.15, 0.2) is 0 Å². The lowest BCUT2D eigenvalue weighted by Gasteiger charge is -2.03. The van der Waals surface area contributed by atoms with Gasteiger partial charge in [0, 0.05) is 6.42 Å². The Kier molecular flexibility index (Phi) is 5.98. The molecule has 3 heteroatoms. The van der Waals surface area contributed by atoms with Crippen molar-refractivity contribution < 1.29 is 14.6 Å². The van der Waals surface area contributed by atoms with Crippen LogP contribution in [0.2, 0.25) is 0 Å². The van der Waals surface area contributed by atoms with Crippen molar-refractivity contribution in [2.75, 3.05) is 6.61 Å².